The minimum absolute atomic E-state index is 0.0117. The Morgan fingerprint density at radius 1 is 1.15 bits per heavy atom. The van der Waals surface area contributed by atoms with Gasteiger partial charge in [0, 0.05) is 17.2 Å². The fraction of sp³-hybridized carbons (Fsp3) is 0.438. The Balaban J connectivity index is 2.04. The number of nitrogens with zero attached hydrogens (tertiary/aromatic N) is 1. The number of aliphatic hydroxyl groups excluding tert-OH is 2. The Labute approximate surface area is 123 Å². The molecule has 2 atom stereocenters. The van der Waals surface area contributed by atoms with Crippen LogP contribution >= 0.6 is 11.3 Å². The molecule has 0 amide bonds. The van der Waals surface area contributed by atoms with Crippen molar-refractivity contribution in [3.05, 3.63) is 52.0 Å². The molecular formula is C16H21NO2S. The summed E-state index contributed by atoms with van der Waals surface area (Å²) in [7, 11) is 0. The molecule has 0 aliphatic carbocycles. The van der Waals surface area contributed by atoms with Gasteiger partial charge < -0.3 is 10.2 Å². The normalized spacial score (nSPS) is 15.1. The van der Waals surface area contributed by atoms with E-state index in [1.54, 1.807) is 0 Å². The number of benzene rings is 1. The van der Waals surface area contributed by atoms with Crippen LogP contribution in [-0.4, -0.2) is 21.3 Å². The van der Waals surface area contributed by atoms with Gasteiger partial charge in [-0.3, -0.25) is 0 Å². The number of thiazole rings is 1. The second-order valence-corrected chi connectivity index (χ2v) is 6.95. The zero-order valence-electron chi connectivity index (χ0n) is 12.1. The van der Waals surface area contributed by atoms with Gasteiger partial charge in [0.1, 0.15) is 6.10 Å². The van der Waals surface area contributed by atoms with E-state index >= 15 is 0 Å². The predicted molar refractivity (Wildman–Crippen MR) is 81.9 cm³/mol. The molecule has 3 nitrogen and oxygen atoms in total. The highest BCUT2D eigenvalue weighted by Gasteiger charge is 2.22. The first-order valence-corrected chi connectivity index (χ1v) is 7.62. The molecule has 0 aliphatic heterocycles. The predicted octanol–water partition coefficient (Wildman–Crippen LogP) is 3.08. The van der Waals surface area contributed by atoms with Crippen LogP contribution in [0.1, 0.15) is 43.1 Å². The minimum atomic E-state index is -0.877. The summed E-state index contributed by atoms with van der Waals surface area (Å²) in [5, 5.41) is 23.2. The third kappa shape index (κ3) is 3.66. The summed E-state index contributed by atoms with van der Waals surface area (Å²) in [6.45, 7) is 6.34. The summed E-state index contributed by atoms with van der Waals surface area (Å²) < 4.78 is 0. The van der Waals surface area contributed by atoms with Crippen LogP contribution in [0.4, 0.5) is 0 Å². The fourth-order valence-electron chi connectivity index (χ4n) is 1.91. The maximum absolute atomic E-state index is 10.2. The molecule has 2 rings (SSSR count). The largest absolute Gasteiger partial charge is 0.390 e. The Bertz CT molecular complexity index is 545. The van der Waals surface area contributed by atoms with Crippen molar-refractivity contribution >= 4 is 11.3 Å². The lowest BCUT2D eigenvalue weighted by atomic mass is 9.93. The number of hydrogen-bond acceptors (Lipinski definition) is 4. The van der Waals surface area contributed by atoms with Crippen LogP contribution in [0.25, 0.3) is 0 Å². The SMILES string of the molecule is CC(C)(C)c1csc(CC(O)C(O)c2ccccc2)n1. The van der Waals surface area contributed by atoms with Crippen LogP contribution in [-0.2, 0) is 11.8 Å². The molecule has 1 aromatic heterocycles. The van der Waals surface area contributed by atoms with Crippen molar-refractivity contribution in [2.24, 2.45) is 0 Å². The highest BCUT2D eigenvalue weighted by atomic mass is 32.1. The number of aliphatic hydroxyl groups is 2. The van der Waals surface area contributed by atoms with Crippen molar-refractivity contribution in [3.63, 3.8) is 0 Å². The summed E-state index contributed by atoms with van der Waals surface area (Å²) >= 11 is 1.54. The molecule has 0 aliphatic rings. The summed E-state index contributed by atoms with van der Waals surface area (Å²) in [6, 6.07) is 9.23. The molecule has 20 heavy (non-hydrogen) atoms. The number of aromatic nitrogens is 1. The van der Waals surface area contributed by atoms with E-state index in [0.29, 0.717) is 6.42 Å². The van der Waals surface area contributed by atoms with Gasteiger partial charge in [-0.05, 0) is 5.56 Å². The Hall–Kier alpha value is -1.23. The third-order valence-electron chi connectivity index (χ3n) is 3.21. The van der Waals surface area contributed by atoms with Crippen molar-refractivity contribution in [1.29, 1.82) is 0 Å². The summed E-state index contributed by atoms with van der Waals surface area (Å²) in [5.41, 5.74) is 1.77. The maximum Gasteiger partial charge on any atom is 0.105 e. The molecule has 2 N–H and O–H groups in total. The molecule has 1 heterocycles. The molecule has 4 heteroatoms. The van der Waals surface area contributed by atoms with Gasteiger partial charge in [-0.2, -0.15) is 0 Å². The molecular weight excluding hydrogens is 270 g/mol. The van der Waals surface area contributed by atoms with Gasteiger partial charge in [0.2, 0.25) is 0 Å². The number of rotatable bonds is 4. The van der Waals surface area contributed by atoms with Gasteiger partial charge >= 0.3 is 0 Å². The first-order valence-electron chi connectivity index (χ1n) is 6.74. The van der Waals surface area contributed by atoms with Gasteiger partial charge in [0.05, 0.1) is 16.8 Å². The van der Waals surface area contributed by atoms with Gasteiger partial charge in [-0.25, -0.2) is 4.98 Å². The Morgan fingerprint density at radius 2 is 1.80 bits per heavy atom. The standard InChI is InChI=1S/C16H21NO2S/c1-16(2,3)13-10-20-14(17-13)9-12(18)15(19)11-7-5-4-6-8-11/h4-8,10,12,15,18-19H,9H2,1-3H3. The van der Waals surface area contributed by atoms with E-state index < -0.39 is 12.2 Å². The first kappa shape index (κ1) is 15.2. The summed E-state index contributed by atoms with van der Waals surface area (Å²) in [5.74, 6) is 0. The third-order valence-corrected chi connectivity index (χ3v) is 4.08. The second-order valence-electron chi connectivity index (χ2n) is 6.00. The van der Waals surface area contributed by atoms with Gasteiger partial charge in [0.15, 0.2) is 0 Å². The van der Waals surface area contributed by atoms with E-state index in [2.05, 4.69) is 25.8 Å². The molecule has 0 radical (unpaired) electrons. The zero-order valence-corrected chi connectivity index (χ0v) is 12.9. The van der Waals surface area contributed by atoms with E-state index in [0.717, 1.165) is 16.3 Å². The van der Waals surface area contributed by atoms with E-state index in [1.807, 2.05) is 35.7 Å². The molecule has 0 saturated carbocycles. The first-order chi connectivity index (χ1) is 9.38. The van der Waals surface area contributed by atoms with Crippen molar-refractivity contribution < 1.29 is 10.2 Å². The van der Waals surface area contributed by atoms with Crippen molar-refractivity contribution in [2.45, 2.75) is 44.8 Å². The second kappa shape index (κ2) is 6.04. The highest BCUT2D eigenvalue weighted by Crippen LogP contribution is 2.26. The fourth-order valence-corrected chi connectivity index (χ4v) is 2.98. The van der Waals surface area contributed by atoms with Gasteiger partial charge in [0.25, 0.3) is 0 Å². The molecule has 0 bridgehead atoms. The lowest BCUT2D eigenvalue weighted by molar-refractivity contribution is 0.0189. The Morgan fingerprint density at radius 3 is 2.35 bits per heavy atom. The van der Waals surface area contributed by atoms with E-state index in [9.17, 15) is 10.2 Å². The van der Waals surface area contributed by atoms with Crippen molar-refractivity contribution in [2.75, 3.05) is 0 Å². The van der Waals surface area contributed by atoms with Crippen molar-refractivity contribution in [3.8, 4) is 0 Å². The average Bonchev–Trinajstić information content (AvgIpc) is 2.87. The quantitative estimate of drug-likeness (QED) is 0.910. The summed E-state index contributed by atoms with van der Waals surface area (Å²) in [4.78, 5) is 4.54. The molecule has 108 valence electrons. The monoisotopic (exact) mass is 291 g/mol. The van der Waals surface area contributed by atoms with Crippen LogP contribution < -0.4 is 0 Å². The lowest BCUT2D eigenvalue weighted by Gasteiger charge is -2.17. The van der Waals surface area contributed by atoms with Gasteiger partial charge in [-0.1, -0.05) is 51.1 Å². The average molecular weight is 291 g/mol. The van der Waals surface area contributed by atoms with Crippen LogP contribution in [0.3, 0.4) is 0 Å². The molecule has 0 fully saturated rings. The highest BCUT2D eigenvalue weighted by molar-refractivity contribution is 7.09. The topological polar surface area (TPSA) is 53.4 Å². The van der Waals surface area contributed by atoms with Gasteiger partial charge in [-0.15, -0.1) is 11.3 Å². The smallest absolute Gasteiger partial charge is 0.105 e. The van der Waals surface area contributed by atoms with E-state index in [4.69, 9.17) is 0 Å². The minimum Gasteiger partial charge on any atom is -0.390 e. The van der Waals surface area contributed by atoms with E-state index in [1.165, 1.54) is 11.3 Å². The van der Waals surface area contributed by atoms with Crippen molar-refractivity contribution in [1.82, 2.24) is 4.98 Å². The van der Waals surface area contributed by atoms with E-state index in [-0.39, 0.29) is 5.41 Å². The van der Waals surface area contributed by atoms with Crippen LogP contribution in [0, 0.1) is 0 Å². The molecule has 0 saturated heterocycles. The lowest BCUT2D eigenvalue weighted by Crippen LogP contribution is -2.21. The zero-order chi connectivity index (χ0) is 14.8. The maximum atomic E-state index is 10.2. The van der Waals surface area contributed by atoms with Crippen LogP contribution in [0.15, 0.2) is 35.7 Å². The molecule has 2 unspecified atom stereocenters. The van der Waals surface area contributed by atoms with Crippen LogP contribution in [0.2, 0.25) is 0 Å². The molecule has 2 aromatic rings. The Kier molecular flexibility index (Phi) is 4.58. The molecule has 1 aromatic carbocycles. The number of hydrogen-bond donors (Lipinski definition) is 2. The summed E-state index contributed by atoms with van der Waals surface area (Å²) in [6.07, 6.45) is -1.34. The molecule has 0 spiro atoms. The van der Waals surface area contributed by atoms with Crippen LogP contribution in [0.5, 0.6) is 0 Å².